The minimum absolute atomic E-state index is 0.0257. The molecule has 7 nitrogen and oxygen atoms in total. The summed E-state index contributed by atoms with van der Waals surface area (Å²) >= 11 is 2.26. The van der Waals surface area contributed by atoms with Crippen molar-refractivity contribution in [3.8, 4) is 0 Å². The van der Waals surface area contributed by atoms with E-state index < -0.39 is 24.3 Å². The Labute approximate surface area is 196 Å². The maximum absolute atomic E-state index is 13.5. The molecule has 0 aliphatic rings. The molecule has 0 aliphatic carbocycles. The first-order valence-electron chi connectivity index (χ1n) is 9.68. The van der Waals surface area contributed by atoms with E-state index >= 15 is 0 Å². The Morgan fingerprint density at radius 3 is 2.58 bits per heavy atom. The number of thioether (sulfide) groups is 1. The lowest BCUT2D eigenvalue weighted by molar-refractivity contribution is -0.137. The Kier molecular flexibility index (Phi) is 7.60. The van der Waals surface area contributed by atoms with Gasteiger partial charge in [0, 0.05) is 24.4 Å². The van der Waals surface area contributed by atoms with Crippen molar-refractivity contribution in [1.82, 2.24) is 15.3 Å². The van der Waals surface area contributed by atoms with Crippen LogP contribution in [-0.4, -0.2) is 53.2 Å². The number of aryl methyl sites for hydroxylation is 1. The highest BCUT2D eigenvalue weighted by Gasteiger charge is 2.32. The third-order valence-corrected chi connectivity index (χ3v) is 6.66. The van der Waals surface area contributed by atoms with E-state index in [4.69, 9.17) is 5.11 Å². The summed E-state index contributed by atoms with van der Waals surface area (Å²) in [5.41, 5.74) is -0.119. The number of halogens is 3. The van der Waals surface area contributed by atoms with E-state index in [0.717, 1.165) is 28.8 Å². The van der Waals surface area contributed by atoms with Gasteiger partial charge in [-0.15, -0.1) is 11.3 Å². The molecule has 0 fully saturated rings. The van der Waals surface area contributed by atoms with Gasteiger partial charge in [-0.1, -0.05) is 11.8 Å². The third-order valence-electron chi connectivity index (χ3n) is 4.55. The largest absolute Gasteiger partial charge is 0.416 e. The van der Waals surface area contributed by atoms with Gasteiger partial charge >= 0.3 is 6.18 Å². The number of carbonyl (C=O) groups excluding carboxylic acids is 2. The summed E-state index contributed by atoms with van der Waals surface area (Å²) in [7, 11) is 3.28. The molecule has 1 amide bonds. The second-order valence-electron chi connectivity index (χ2n) is 7.27. The number of nitrogens with one attached hydrogen (secondary N) is 1. The second kappa shape index (κ2) is 10.1. The molecule has 12 heteroatoms. The summed E-state index contributed by atoms with van der Waals surface area (Å²) in [5.74, 6) is -0.373. The van der Waals surface area contributed by atoms with Crippen molar-refractivity contribution in [3.05, 3.63) is 45.4 Å². The number of benzene rings is 1. The molecule has 0 bridgehead atoms. The Morgan fingerprint density at radius 2 is 1.94 bits per heavy atom. The van der Waals surface area contributed by atoms with E-state index in [2.05, 4.69) is 15.3 Å². The molecule has 0 aliphatic heterocycles. The lowest BCUT2D eigenvalue weighted by Gasteiger charge is -2.19. The number of fused-ring (bicyclic) bond motifs is 1. The number of hydrogen-bond donors (Lipinski definition) is 2. The van der Waals surface area contributed by atoms with Crippen molar-refractivity contribution in [2.45, 2.75) is 24.7 Å². The summed E-state index contributed by atoms with van der Waals surface area (Å²) in [6, 6.07) is 5.39. The van der Waals surface area contributed by atoms with E-state index in [1.165, 1.54) is 11.3 Å². The van der Waals surface area contributed by atoms with Crippen molar-refractivity contribution in [2.24, 2.45) is 0 Å². The summed E-state index contributed by atoms with van der Waals surface area (Å²) in [5, 5.41) is 11.8. The Balaban J connectivity index is 1.87. The van der Waals surface area contributed by atoms with Crippen molar-refractivity contribution in [3.63, 3.8) is 0 Å². The molecule has 2 aromatic heterocycles. The van der Waals surface area contributed by atoms with Gasteiger partial charge in [-0.05, 0) is 31.2 Å². The van der Waals surface area contributed by atoms with Gasteiger partial charge in [-0.2, -0.15) is 13.2 Å². The zero-order valence-corrected chi connectivity index (χ0v) is 19.6. The zero-order valence-electron chi connectivity index (χ0n) is 18.0. The van der Waals surface area contributed by atoms with E-state index in [-0.39, 0.29) is 23.5 Å². The summed E-state index contributed by atoms with van der Waals surface area (Å²) < 4.78 is 40.5. The highest BCUT2D eigenvalue weighted by molar-refractivity contribution is 8.00. The number of amides is 1. The molecule has 0 radical (unpaired) electrons. The molecule has 2 N–H and O–H groups in total. The van der Waals surface area contributed by atoms with E-state index in [1.807, 2.05) is 0 Å². The van der Waals surface area contributed by atoms with Gasteiger partial charge in [0.1, 0.15) is 17.5 Å². The Morgan fingerprint density at radius 1 is 1.21 bits per heavy atom. The first kappa shape index (κ1) is 24.9. The van der Waals surface area contributed by atoms with Crippen molar-refractivity contribution in [1.29, 1.82) is 0 Å². The van der Waals surface area contributed by atoms with Gasteiger partial charge in [0.25, 0.3) is 0 Å². The van der Waals surface area contributed by atoms with E-state index in [0.29, 0.717) is 26.9 Å². The number of ketones is 1. The maximum Gasteiger partial charge on any atom is 0.416 e. The molecule has 0 saturated carbocycles. The molecule has 3 aromatic rings. The number of anilines is 1. The molecule has 0 atom stereocenters. The maximum atomic E-state index is 13.5. The average Bonchev–Trinajstić information content (AvgIpc) is 3.23. The first-order valence-corrected chi connectivity index (χ1v) is 11.5. The van der Waals surface area contributed by atoms with Crippen LogP contribution in [0.1, 0.15) is 25.9 Å². The fraction of sp³-hybridized carbons (Fsp3) is 0.333. The molecule has 0 spiro atoms. The fourth-order valence-corrected chi connectivity index (χ4v) is 4.89. The van der Waals surface area contributed by atoms with Crippen LogP contribution >= 0.6 is 23.1 Å². The van der Waals surface area contributed by atoms with Gasteiger partial charge < -0.3 is 15.3 Å². The number of Topliss-reactive ketones (excluding diaryl/α,β-unsaturated/α-hetero) is 1. The van der Waals surface area contributed by atoms with Crippen LogP contribution in [-0.2, 0) is 17.5 Å². The van der Waals surface area contributed by atoms with Gasteiger partial charge in [-0.3, -0.25) is 9.59 Å². The monoisotopic (exact) mass is 498 g/mol. The number of hydrogen-bond acceptors (Lipinski definition) is 8. The molecule has 0 saturated heterocycles. The van der Waals surface area contributed by atoms with E-state index in [1.54, 1.807) is 38.1 Å². The van der Waals surface area contributed by atoms with Crippen LogP contribution in [0.25, 0.3) is 10.9 Å². The number of alkyl halides is 3. The molecular weight excluding hydrogens is 477 g/mol. The highest BCUT2D eigenvalue weighted by Crippen LogP contribution is 2.38. The molecule has 176 valence electrons. The van der Waals surface area contributed by atoms with Gasteiger partial charge in [0.15, 0.2) is 5.78 Å². The molecular formula is C21H21F3N4O3S2. The molecule has 0 unspecified atom stereocenters. The number of rotatable bonds is 8. The number of carbonyl (C=O) groups is 2. The number of nitrogens with zero attached hydrogens (tertiary/aromatic N) is 3. The topological polar surface area (TPSA) is 95.4 Å². The lowest BCUT2D eigenvalue weighted by Crippen LogP contribution is -2.25. The molecule has 1 aromatic carbocycles. The second-order valence-corrected chi connectivity index (χ2v) is 9.40. The van der Waals surface area contributed by atoms with Crippen LogP contribution in [0.5, 0.6) is 0 Å². The smallest absolute Gasteiger partial charge is 0.387 e. The van der Waals surface area contributed by atoms with Crippen LogP contribution in [0, 0.1) is 6.92 Å². The molecule has 33 heavy (non-hydrogen) atoms. The standard InChI is InChI=1S/C21H21F3N4O3S2/c1-11-26-19-14(6-12(21(22,23)24)7-15(19)28(2)3)20(27-11)32-10-16(30)17-5-4-13(33-17)8-25-18(31)9-29/h4-7,29H,8-10H2,1-3H3,(H,25,31). The lowest BCUT2D eigenvalue weighted by atomic mass is 10.1. The predicted octanol–water partition coefficient (Wildman–Crippen LogP) is 3.67. The number of aliphatic hydroxyl groups excluding tert-OH is 1. The summed E-state index contributed by atoms with van der Waals surface area (Å²) in [6.07, 6.45) is -4.54. The van der Waals surface area contributed by atoms with Crippen molar-refractivity contribution < 1.29 is 27.9 Å². The van der Waals surface area contributed by atoms with E-state index in [9.17, 15) is 22.8 Å². The van der Waals surface area contributed by atoms with Crippen LogP contribution < -0.4 is 10.2 Å². The third kappa shape index (κ3) is 6.01. The molecule has 3 rings (SSSR count). The first-order chi connectivity index (χ1) is 15.5. The number of thiophene rings is 1. The van der Waals surface area contributed by atoms with Crippen LogP contribution in [0.2, 0.25) is 0 Å². The normalized spacial score (nSPS) is 11.6. The van der Waals surface area contributed by atoms with Crippen LogP contribution in [0.3, 0.4) is 0 Å². The van der Waals surface area contributed by atoms with Crippen molar-refractivity contribution >= 4 is 51.4 Å². The minimum atomic E-state index is -4.54. The molecule has 2 heterocycles. The van der Waals surface area contributed by atoms with Crippen molar-refractivity contribution in [2.75, 3.05) is 31.4 Å². The number of aromatic nitrogens is 2. The fourth-order valence-electron chi connectivity index (χ4n) is 2.98. The minimum Gasteiger partial charge on any atom is -0.387 e. The summed E-state index contributed by atoms with van der Waals surface area (Å²) in [6.45, 7) is 1.22. The zero-order chi connectivity index (χ0) is 24.3. The Bertz CT molecular complexity index is 1200. The van der Waals surface area contributed by atoms with Gasteiger partial charge in [0.05, 0.1) is 33.9 Å². The number of aliphatic hydroxyl groups is 1. The highest BCUT2D eigenvalue weighted by atomic mass is 32.2. The Hall–Kier alpha value is -2.70. The summed E-state index contributed by atoms with van der Waals surface area (Å²) in [4.78, 5) is 35.2. The van der Waals surface area contributed by atoms with Gasteiger partial charge in [0.2, 0.25) is 5.91 Å². The average molecular weight is 499 g/mol. The quantitative estimate of drug-likeness (QED) is 0.278. The van der Waals surface area contributed by atoms with Crippen LogP contribution in [0.4, 0.5) is 18.9 Å². The van der Waals surface area contributed by atoms with Gasteiger partial charge in [-0.25, -0.2) is 9.97 Å². The SMILES string of the molecule is Cc1nc(SCC(=O)c2ccc(CNC(=O)CO)s2)c2cc(C(F)(F)F)cc(N(C)C)c2n1. The predicted molar refractivity (Wildman–Crippen MR) is 122 cm³/mol. The van der Waals surface area contributed by atoms with Crippen LogP contribution in [0.15, 0.2) is 29.3 Å².